The van der Waals surface area contributed by atoms with E-state index < -0.39 is 22.8 Å². The third-order valence-corrected chi connectivity index (χ3v) is 3.57. The van der Waals surface area contributed by atoms with Crippen LogP contribution in [0.4, 0.5) is 11.4 Å². The highest BCUT2D eigenvalue weighted by atomic mass is 16.6. The largest absolute Gasteiger partial charge is 0.494 e. The number of esters is 1. The maximum absolute atomic E-state index is 12.4. The lowest BCUT2D eigenvalue weighted by atomic mass is 10.1. The summed E-state index contributed by atoms with van der Waals surface area (Å²) in [6.07, 6.45) is -1.08. The lowest BCUT2D eigenvalue weighted by molar-refractivity contribution is -0.384. The minimum absolute atomic E-state index is 0.0290. The number of non-ortho nitro benzene ring substituents is 1. The zero-order chi connectivity index (χ0) is 19.3. The smallest absolute Gasteiger partial charge is 0.341 e. The monoisotopic (exact) mass is 358 g/mol. The Labute approximate surface area is 149 Å². The van der Waals surface area contributed by atoms with Gasteiger partial charge in [-0.15, -0.1) is 0 Å². The molecule has 0 aliphatic carbocycles. The van der Waals surface area contributed by atoms with Crippen LogP contribution in [0.5, 0.6) is 5.75 Å². The Morgan fingerprint density at radius 3 is 2.42 bits per heavy atom. The van der Waals surface area contributed by atoms with Crippen molar-refractivity contribution in [1.82, 2.24) is 0 Å². The van der Waals surface area contributed by atoms with E-state index in [1.807, 2.05) is 6.92 Å². The summed E-state index contributed by atoms with van der Waals surface area (Å²) >= 11 is 0. The summed E-state index contributed by atoms with van der Waals surface area (Å²) < 4.78 is 10.4. The molecule has 0 saturated heterocycles. The molecule has 0 aliphatic rings. The van der Waals surface area contributed by atoms with Crippen LogP contribution in [-0.2, 0) is 4.74 Å². The number of nitro groups is 1. The third-order valence-electron chi connectivity index (χ3n) is 3.57. The van der Waals surface area contributed by atoms with Gasteiger partial charge in [-0.1, -0.05) is 0 Å². The van der Waals surface area contributed by atoms with E-state index in [4.69, 9.17) is 15.2 Å². The molecule has 0 unspecified atom stereocenters. The standard InChI is InChI=1S/C18H18N2O6/c1-3-25-14-7-4-12(5-8-14)17(21)11(2)26-18(22)15-10-13(20(23)24)6-9-16(15)19/h4-11H,3,19H2,1-2H3/t11-/m1/s1. The van der Waals surface area contributed by atoms with E-state index in [1.165, 1.54) is 19.1 Å². The number of nitrogens with zero attached hydrogens (tertiary/aromatic N) is 1. The molecule has 2 aromatic carbocycles. The summed E-state index contributed by atoms with van der Waals surface area (Å²) in [5, 5.41) is 10.8. The van der Waals surface area contributed by atoms with Gasteiger partial charge in [-0.25, -0.2) is 4.79 Å². The molecule has 26 heavy (non-hydrogen) atoms. The molecule has 2 N–H and O–H groups in total. The summed E-state index contributed by atoms with van der Waals surface area (Å²) in [5.74, 6) is -0.693. The van der Waals surface area contributed by atoms with Crippen LogP contribution < -0.4 is 10.5 Å². The molecule has 0 amide bonds. The van der Waals surface area contributed by atoms with Crippen LogP contribution in [-0.4, -0.2) is 29.4 Å². The van der Waals surface area contributed by atoms with Gasteiger partial charge in [-0.3, -0.25) is 14.9 Å². The Kier molecular flexibility index (Phi) is 5.90. The van der Waals surface area contributed by atoms with Gasteiger partial charge in [0.15, 0.2) is 6.10 Å². The predicted molar refractivity (Wildman–Crippen MR) is 94.3 cm³/mol. The Hall–Kier alpha value is -3.42. The Balaban J connectivity index is 2.12. The van der Waals surface area contributed by atoms with Crippen molar-refractivity contribution in [2.24, 2.45) is 0 Å². The topological polar surface area (TPSA) is 122 Å². The zero-order valence-corrected chi connectivity index (χ0v) is 14.3. The number of benzene rings is 2. The molecule has 2 aromatic rings. The van der Waals surface area contributed by atoms with Gasteiger partial charge >= 0.3 is 5.97 Å². The molecular formula is C18H18N2O6. The van der Waals surface area contributed by atoms with E-state index in [0.717, 1.165) is 6.07 Å². The number of nitrogens with two attached hydrogens (primary N) is 1. The summed E-state index contributed by atoms with van der Waals surface area (Å²) in [6.45, 7) is 3.77. The molecule has 8 nitrogen and oxygen atoms in total. The van der Waals surface area contributed by atoms with Crippen LogP contribution in [0.2, 0.25) is 0 Å². The van der Waals surface area contributed by atoms with E-state index in [-0.39, 0.29) is 16.9 Å². The quantitative estimate of drug-likeness (QED) is 0.265. The van der Waals surface area contributed by atoms with Crippen molar-refractivity contribution in [3.8, 4) is 5.75 Å². The summed E-state index contributed by atoms with van der Waals surface area (Å²) in [5.41, 5.74) is 5.60. The van der Waals surface area contributed by atoms with Crippen molar-refractivity contribution in [2.45, 2.75) is 20.0 Å². The summed E-state index contributed by atoms with van der Waals surface area (Å²) in [4.78, 5) is 34.8. The first-order valence-electron chi connectivity index (χ1n) is 7.85. The molecule has 0 radical (unpaired) electrons. The maximum atomic E-state index is 12.4. The van der Waals surface area contributed by atoms with Crippen LogP contribution >= 0.6 is 0 Å². The number of hydrogen-bond acceptors (Lipinski definition) is 7. The molecule has 0 heterocycles. The van der Waals surface area contributed by atoms with Crippen LogP contribution in [0.1, 0.15) is 34.6 Å². The van der Waals surface area contributed by atoms with Gasteiger partial charge in [0.2, 0.25) is 5.78 Å². The number of rotatable bonds is 7. The number of carbonyl (C=O) groups excluding carboxylic acids is 2. The Morgan fingerprint density at radius 1 is 1.19 bits per heavy atom. The van der Waals surface area contributed by atoms with Gasteiger partial charge in [0, 0.05) is 23.4 Å². The van der Waals surface area contributed by atoms with Crippen molar-refractivity contribution < 1.29 is 24.0 Å². The molecule has 0 fully saturated rings. The summed E-state index contributed by atoms with van der Waals surface area (Å²) in [6, 6.07) is 9.87. The summed E-state index contributed by atoms with van der Waals surface area (Å²) in [7, 11) is 0. The second-order valence-corrected chi connectivity index (χ2v) is 5.40. The van der Waals surface area contributed by atoms with Gasteiger partial charge in [-0.05, 0) is 44.2 Å². The highest BCUT2D eigenvalue weighted by Gasteiger charge is 2.23. The predicted octanol–water partition coefficient (Wildman–Crippen LogP) is 3.00. The van der Waals surface area contributed by atoms with Crippen molar-refractivity contribution in [1.29, 1.82) is 0 Å². The molecule has 0 bridgehead atoms. The van der Waals surface area contributed by atoms with Crippen LogP contribution in [0.3, 0.4) is 0 Å². The Morgan fingerprint density at radius 2 is 1.85 bits per heavy atom. The molecule has 0 aromatic heterocycles. The molecule has 8 heteroatoms. The first-order valence-corrected chi connectivity index (χ1v) is 7.85. The van der Waals surface area contributed by atoms with Crippen LogP contribution in [0.25, 0.3) is 0 Å². The van der Waals surface area contributed by atoms with Crippen molar-refractivity contribution in [3.63, 3.8) is 0 Å². The number of anilines is 1. The number of ketones is 1. The van der Waals surface area contributed by atoms with E-state index in [1.54, 1.807) is 24.3 Å². The molecular weight excluding hydrogens is 340 g/mol. The lowest BCUT2D eigenvalue weighted by Gasteiger charge is -2.13. The maximum Gasteiger partial charge on any atom is 0.341 e. The molecule has 136 valence electrons. The van der Waals surface area contributed by atoms with Gasteiger partial charge < -0.3 is 15.2 Å². The number of carbonyl (C=O) groups is 2. The van der Waals surface area contributed by atoms with Crippen molar-refractivity contribution >= 4 is 23.1 Å². The fourth-order valence-electron chi connectivity index (χ4n) is 2.23. The number of ether oxygens (including phenoxy) is 2. The van der Waals surface area contributed by atoms with Gasteiger partial charge in [0.1, 0.15) is 5.75 Å². The number of nitrogen functional groups attached to an aromatic ring is 1. The lowest BCUT2D eigenvalue weighted by Crippen LogP contribution is -2.25. The molecule has 0 saturated carbocycles. The average molecular weight is 358 g/mol. The fourth-order valence-corrected chi connectivity index (χ4v) is 2.23. The van der Waals surface area contributed by atoms with Crippen molar-refractivity contribution in [2.75, 3.05) is 12.3 Å². The fraction of sp³-hybridized carbons (Fsp3) is 0.222. The third kappa shape index (κ3) is 4.35. The van der Waals surface area contributed by atoms with Crippen LogP contribution in [0, 0.1) is 10.1 Å². The average Bonchev–Trinajstić information content (AvgIpc) is 2.62. The molecule has 0 aliphatic heterocycles. The molecule has 0 spiro atoms. The second-order valence-electron chi connectivity index (χ2n) is 5.40. The number of nitro benzene ring substituents is 1. The van der Waals surface area contributed by atoms with E-state index >= 15 is 0 Å². The van der Waals surface area contributed by atoms with E-state index in [2.05, 4.69) is 0 Å². The highest BCUT2D eigenvalue weighted by molar-refractivity contribution is 6.02. The van der Waals surface area contributed by atoms with Gasteiger partial charge in [-0.2, -0.15) is 0 Å². The van der Waals surface area contributed by atoms with E-state index in [0.29, 0.717) is 17.9 Å². The van der Waals surface area contributed by atoms with Gasteiger partial charge in [0.05, 0.1) is 17.1 Å². The zero-order valence-electron chi connectivity index (χ0n) is 14.3. The Bertz CT molecular complexity index is 832. The first kappa shape index (κ1) is 18.9. The van der Waals surface area contributed by atoms with Crippen LogP contribution in [0.15, 0.2) is 42.5 Å². The number of hydrogen-bond donors (Lipinski definition) is 1. The van der Waals surface area contributed by atoms with E-state index in [9.17, 15) is 19.7 Å². The normalized spacial score (nSPS) is 11.5. The SMILES string of the molecule is CCOc1ccc(C(=O)[C@@H](C)OC(=O)c2cc([N+](=O)[O-])ccc2N)cc1. The van der Waals surface area contributed by atoms with Crippen molar-refractivity contribution in [3.05, 3.63) is 63.7 Å². The highest BCUT2D eigenvalue weighted by Crippen LogP contribution is 2.21. The molecule has 1 atom stereocenters. The molecule has 2 rings (SSSR count). The minimum Gasteiger partial charge on any atom is -0.494 e. The minimum atomic E-state index is -1.08. The van der Waals surface area contributed by atoms with Gasteiger partial charge in [0.25, 0.3) is 5.69 Å². The second kappa shape index (κ2) is 8.11. The number of Topliss-reactive ketones (excluding diaryl/α,β-unsaturated/α-hetero) is 1. The first-order chi connectivity index (χ1) is 12.3.